The second-order valence-electron chi connectivity index (χ2n) is 5.43. The summed E-state index contributed by atoms with van der Waals surface area (Å²) in [5, 5.41) is 13.2. The van der Waals surface area contributed by atoms with Gasteiger partial charge >= 0.3 is 6.09 Å². The van der Waals surface area contributed by atoms with Crippen LogP contribution in [-0.2, 0) is 9.59 Å². The molecule has 8 nitrogen and oxygen atoms in total. The Bertz CT molecular complexity index is 360. The van der Waals surface area contributed by atoms with Crippen molar-refractivity contribution < 1.29 is 19.5 Å². The Morgan fingerprint density at radius 2 is 1.81 bits per heavy atom. The Hall–Kier alpha value is -1.83. The van der Waals surface area contributed by atoms with Gasteiger partial charge in [0.25, 0.3) is 0 Å². The molecule has 2 unspecified atom stereocenters. The molecule has 0 aromatic heterocycles. The predicted octanol–water partition coefficient (Wildman–Crippen LogP) is -0.232. The van der Waals surface area contributed by atoms with Crippen LogP contribution in [0.25, 0.3) is 0 Å². The first-order valence-electron chi connectivity index (χ1n) is 7.06. The Kier molecular flexibility index (Phi) is 9.11. The molecule has 0 aromatic rings. The van der Waals surface area contributed by atoms with Crippen molar-refractivity contribution in [1.29, 1.82) is 0 Å². The Labute approximate surface area is 124 Å². The van der Waals surface area contributed by atoms with Crippen molar-refractivity contribution in [3.63, 3.8) is 0 Å². The van der Waals surface area contributed by atoms with Crippen LogP contribution in [0.5, 0.6) is 0 Å². The maximum Gasteiger partial charge on any atom is 0.404 e. The van der Waals surface area contributed by atoms with Crippen molar-refractivity contribution in [1.82, 2.24) is 10.6 Å². The molecule has 3 amide bonds. The maximum atomic E-state index is 11.9. The van der Waals surface area contributed by atoms with Crippen LogP contribution < -0.4 is 22.1 Å². The highest BCUT2D eigenvalue weighted by atomic mass is 16.4. The fraction of sp³-hybridized carbons (Fsp3) is 0.769. The van der Waals surface area contributed by atoms with Crippen molar-refractivity contribution in [3.8, 4) is 0 Å². The lowest BCUT2D eigenvalue weighted by molar-refractivity contribution is -0.128. The molecule has 0 rings (SSSR count). The molecule has 0 aliphatic heterocycles. The second-order valence-corrected chi connectivity index (χ2v) is 5.43. The van der Waals surface area contributed by atoms with Crippen LogP contribution in [0.1, 0.15) is 39.5 Å². The number of unbranched alkanes of at least 4 members (excludes halogenated alkanes) is 1. The van der Waals surface area contributed by atoms with E-state index in [0.717, 1.165) is 0 Å². The van der Waals surface area contributed by atoms with Gasteiger partial charge in [-0.15, -0.1) is 0 Å². The first-order chi connectivity index (χ1) is 9.73. The minimum atomic E-state index is -1.07. The summed E-state index contributed by atoms with van der Waals surface area (Å²) in [4.78, 5) is 33.4. The number of rotatable bonds is 10. The van der Waals surface area contributed by atoms with Gasteiger partial charge in [0.2, 0.25) is 11.8 Å². The van der Waals surface area contributed by atoms with Gasteiger partial charge < -0.3 is 27.2 Å². The molecule has 0 spiro atoms. The quantitative estimate of drug-likeness (QED) is 0.353. The molecule has 0 saturated carbocycles. The lowest BCUT2D eigenvalue weighted by atomic mass is 10.0. The summed E-state index contributed by atoms with van der Waals surface area (Å²) in [5.74, 6) is -0.762. The molecular formula is C13H26N4O4. The van der Waals surface area contributed by atoms with E-state index >= 15 is 0 Å². The van der Waals surface area contributed by atoms with Gasteiger partial charge in [-0.3, -0.25) is 9.59 Å². The molecule has 0 saturated heterocycles. The summed E-state index contributed by atoms with van der Waals surface area (Å²) in [6, 6.07) is -1.44. The number of amides is 3. The molecule has 0 fully saturated rings. The molecule has 122 valence electrons. The fourth-order valence-electron chi connectivity index (χ4n) is 1.81. The van der Waals surface area contributed by atoms with E-state index in [9.17, 15) is 14.4 Å². The van der Waals surface area contributed by atoms with Gasteiger partial charge in [0, 0.05) is 6.54 Å². The average molecular weight is 302 g/mol. The van der Waals surface area contributed by atoms with E-state index in [1.165, 1.54) is 0 Å². The van der Waals surface area contributed by atoms with Gasteiger partial charge in [-0.25, -0.2) is 4.79 Å². The van der Waals surface area contributed by atoms with Gasteiger partial charge in [-0.05, 0) is 31.6 Å². The number of hydrogen-bond donors (Lipinski definition) is 5. The summed E-state index contributed by atoms with van der Waals surface area (Å²) in [6.07, 6.45) is 1.02. The summed E-state index contributed by atoms with van der Waals surface area (Å²) in [7, 11) is 0. The zero-order valence-corrected chi connectivity index (χ0v) is 12.6. The van der Waals surface area contributed by atoms with Crippen LogP contribution in [-0.4, -0.2) is 41.6 Å². The number of carboxylic acid groups (broad SMARTS) is 1. The molecule has 0 radical (unpaired) electrons. The summed E-state index contributed by atoms with van der Waals surface area (Å²) in [6.45, 7) is 4.18. The summed E-state index contributed by atoms with van der Waals surface area (Å²) in [5.41, 5.74) is 11.0. The van der Waals surface area contributed by atoms with E-state index in [-0.39, 0.29) is 5.92 Å². The van der Waals surface area contributed by atoms with Gasteiger partial charge in [-0.1, -0.05) is 13.8 Å². The minimum Gasteiger partial charge on any atom is -0.465 e. The summed E-state index contributed by atoms with van der Waals surface area (Å²) >= 11 is 0. The molecule has 0 heterocycles. The largest absolute Gasteiger partial charge is 0.465 e. The minimum absolute atomic E-state index is 0.223. The van der Waals surface area contributed by atoms with Crippen LogP contribution in [0, 0.1) is 5.92 Å². The Morgan fingerprint density at radius 1 is 1.19 bits per heavy atom. The number of hydrogen-bond acceptors (Lipinski definition) is 4. The van der Waals surface area contributed by atoms with Crippen LogP contribution in [0.15, 0.2) is 0 Å². The van der Waals surface area contributed by atoms with Crippen molar-refractivity contribution in [2.24, 2.45) is 17.4 Å². The molecule has 2 atom stereocenters. The molecule has 0 bridgehead atoms. The third-order valence-corrected chi connectivity index (χ3v) is 2.92. The van der Waals surface area contributed by atoms with Crippen LogP contribution in [0.3, 0.4) is 0 Å². The van der Waals surface area contributed by atoms with E-state index in [1.807, 2.05) is 13.8 Å². The highest BCUT2D eigenvalue weighted by molar-refractivity contribution is 5.88. The number of nitrogens with two attached hydrogens (primary N) is 2. The lowest BCUT2D eigenvalue weighted by Gasteiger charge is -2.20. The SMILES string of the molecule is CC(C)CC(NC(=O)C(N)CCCCNC(=O)O)C(N)=O. The van der Waals surface area contributed by atoms with Gasteiger partial charge in [0.15, 0.2) is 0 Å². The number of primary amides is 1. The first kappa shape index (κ1) is 19.2. The molecule has 7 N–H and O–H groups in total. The highest BCUT2D eigenvalue weighted by Crippen LogP contribution is 2.05. The van der Waals surface area contributed by atoms with Crippen molar-refractivity contribution >= 4 is 17.9 Å². The number of carbonyl (C=O) groups is 3. The maximum absolute atomic E-state index is 11.9. The third kappa shape index (κ3) is 9.67. The van der Waals surface area contributed by atoms with Crippen LogP contribution in [0.4, 0.5) is 4.79 Å². The smallest absolute Gasteiger partial charge is 0.404 e. The second kappa shape index (κ2) is 9.98. The standard InChI is InChI=1S/C13H26N4O4/c1-8(2)7-10(11(15)18)17-12(19)9(14)5-3-4-6-16-13(20)21/h8-10,16H,3-7,14H2,1-2H3,(H2,15,18)(H,17,19)(H,20,21). The molecular weight excluding hydrogens is 276 g/mol. The Balaban J connectivity index is 4.06. The normalized spacial score (nSPS) is 13.5. The zero-order valence-electron chi connectivity index (χ0n) is 12.6. The monoisotopic (exact) mass is 302 g/mol. The van der Waals surface area contributed by atoms with E-state index in [0.29, 0.717) is 32.2 Å². The van der Waals surface area contributed by atoms with Gasteiger partial charge in [0.05, 0.1) is 6.04 Å². The van der Waals surface area contributed by atoms with Crippen molar-refractivity contribution in [3.05, 3.63) is 0 Å². The predicted molar refractivity (Wildman–Crippen MR) is 78.4 cm³/mol. The lowest BCUT2D eigenvalue weighted by Crippen LogP contribution is -2.50. The van der Waals surface area contributed by atoms with Crippen molar-refractivity contribution in [2.45, 2.75) is 51.6 Å². The molecule has 0 aromatic carbocycles. The van der Waals surface area contributed by atoms with Gasteiger partial charge in [0.1, 0.15) is 6.04 Å². The average Bonchev–Trinajstić information content (AvgIpc) is 2.36. The van der Waals surface area contributed by atoms with E-state index in [2.05, 4.69) is 10.6 Å². The fourth-order valence-corrected chi connectivity index (χ4v) is 1.81. The van der Waals surface area contributed by atoms with E-state index in [1.54, 1.807) is 0 Å². The zero-order chi connectivity index (χ0) is 16.4. The third-order valence-electron chi connectivity index (χ3n) is 2.92. The molecule has 0 aliphatic carbocycles. The number of nitrogens with one attached hydrogen (secondary N) is 2. The first-order valence-corrected chi connectivity index (χ1v) is 7.06. The molecule has 8 heteroatoms. The summed E-state index contributed by atoms with van der Waals surface area (Å²) < 4.78 is 0. The van der Waals surface area contributed by atoms with Gasteiger partial charge in [-0.2, -0.15) is 0 Å². The molecule has 0 aliphatic rings. The van der Waals surface area contributed by atoms with Crippen molar-refractivity contribution in [2.75, 3.05) is 6.54 Å². The number of carbonyl (C=O) groups excluding carboxylic acids is 2. The molecule has 21 heavy (non-hydrogen) atoms. The van der Waals surface area contributed by atoms with E-state index in [4.69, 9.17) is 16.6 Å². The van der Waals surface area contributed by atoms with Crippen LogP contribution >= 0.6 is 0 Å². The van der Waals surface area contributed by atoms with Crippen LogP contribution in [0.2, 0.25) is 0 Å². The van der Waals surface area contributed by atoms with E-state index < -0.39 is 30.0 Å². The topological polar surface area (TPSA) is 148 Å². The Morgan fingerprint density at radius 3 is 2.29 bits per heavy atom. The highest BCUT2D eigenvalue weighted by Gasteiger charge is 2.22.